The first-order valence-corrected chi connectivity index (χ1v) is 8.36. The normalized spacial score (nSPS) is 21.1. The highest BCUT2D eigenvalue weighted by molar-refractivity contribution is 5.81. The topological polar surface area (TPSA) is 72.4 Å². The fraction of sp³-hybridized carbons (Fsp3) is 0.389. The second-order valence-corrected chi connectivity index (χ2v) is 6.75. The van der Waals surface area contributed by atoms with Gasteiger partial charge in [0.1, 0.15) is 5.58 Å². The van der Waals surface area contributed by atoms with Gasteiger partial charge in [0.2, 0.25) is 17.6 Å². The molecule has 3 heterocycles. The number of aromatic nitrogens is 2. The zero-order chi connectivity index (χ0) is 16.1. The van der Waals surface area contributed by atoms with Gasteiger partial charge in [0, 0.05) is 24.9 Å². The van der Waals surface area contributed by atoms with E-state index in [-0.39, 0.29) is 11.8 Å². The molecular weight excluding hydrogens is 306 g/mol. The van der Waals surface area contributed by atoms with Crippen LogP contribution >= 0.6 is 0 Å². The summed E-state index contributed by atoms with van der Waals surface area (Å²) in [4.78, 5) is 18.5. The summed E-state index contributed by atoms with van der Waals surface area (Å²) in [5, 5.41) is 5.05. The highest BCUT2D eigenvalue weighted by atomic mass is 16.5. The third kappa shape index (κ3) is 2.38. The molecule has 1 saturated heterocycles. The number of para-hydroxylation sites is 1. The monoisotopic (exact) mass is 323 g/mol. The molecule has 24 heavy (non-hydrogen) atoms. The Morgan fingerprint density at radius 1 is 1.25 bits per heavy atom. The van der Waals surface area contributed by atoms with Gasteiger partial charge in [0.15, 0.2) is 5.76 Å². The Hall–Kier alpha value is -2.63. The van der Waals surface area contributed by atoms with Crippen LogP contribution in [-0.2, 0) is 4.79 Å². The molecule has 122 valence electrons. The average molecular weight is 323 g/mol. The van der Waals surface area contributed by atoms with Crippen LogP contribution in [0.2, 0.25) is 0 Å². The van der Waals surface area contributed by atoms with Crippen molar-refractivity contribution in [3.8, 4) is 11.6 Å². The maximum Gasteiger partial charge on any atom is 0.238 e. The Labute approximate surface area is 138 Å². The van der Waals surface area contributed by atoms with Gasteiger partial charge in [-0.2, -0.15) is 4.98 Å². The number of amides is 1. The molecule has 1 amide bonds. The van der Waals surface area contributed by atoms with E-state index in [1.165, 1.54) is 12.8 Å². The van der Waals surface area contributed by atoms with Gasteiger partial charge in [0.25, 0.3) is 0 Å². The Morgan fingerprint density at radius 2 is 2.12 bits per heavy atom. The molecule has 5 rings (SSSR count). The minimum absolute atomic E-state index is 0.0121. The molecular formula is C18H17N3O3. The summed E-state index contributed by atoms with van der Waals surface area (Å²) in [5.74, 6) is 2.43. The van der Waals surface area contributed by atoms with Gasteiger partial charge >= 0.3 is 0 Å². The van der Waals surface area contributed by atoms with Crippen molar-refractivity contribution in [2.45, 2.75) is 25.2 Å². The van der Waals surface area contributed by atoms with Gasteiger partial charge in [-0.1, -0.05) is 23.4 Å². The summed E-state index contributed by atoms with van der Waals surface area (Å²) in [6, 6.07) is 9.68. The quantitative estimate of drug-likeness (QED) is 0.737. The number of hydrogen-bond acceptors (Lipinski definition) is 5. The molecule has 1 unspecified atom stereocenters. The molecule has 2 aromatic heterocycles. The number of rotatable bonds is 4. The lowest BCUT2D eigenvalue weighted by molar-refractivity contribution is -0.127. The summed E-state index contributed by atoms with van der Waals surface area (Å²) in [7, 11) is 0. The number of hydrogen-bond donors (Lipinski definition) is 0. The zero-order valence-electron chi connectivity index (χ0n) is 13.1. The van der Waals surface area contributed by atoms with E-state index in [4.69, 9.17) is 8.94 Å². The molecule has 6 nitrogen and oxygen atoms in total. The summed E-state index contributed by atoms with van der Waals surface area (Å²) in [5.41, 5.74) is 0.797. The molecule has 1 aliphatic carbocycles. The van der Waals surface area contributed by atoms with E-state index in [9.17, 15) is 4.79 Å². The summed E-state index contributed by atoms with van der Waals surface area (Å²) < 4.78 is 11.2. The Bertz CT molecular complexity index is 876. The van der Waals surface area contributed by atoms with Crippen molar-refractivity contribution in [1.29, 1.82) is 0 Å². The number of carbonyl (C=O) groups is 1. The average Bonchev–Trinajstić information content (AvgIpc) is 3.01. The van der Waals surface area contributed by atoms with Crippen molar-refractivity contribution < 1.29 is 13.7 Å². The van der Waals surface area contributed by atoms with Crippen LogP contribution < -0.4 is 0 Å². The maximum atomic E-state index is 12.1. The highest BCUT2D eigenvalue weighted by Crippen LogP contribution is 2.35. The van der Waals surface area contributed by atoms with E-state index in [0.29, 0.717) is 36.4 Å². The number of carbonyl (C=O) groups excluding carboxylic acids is 1. The zero-order valence-corrected chi connectivity index (χ0v) is 13.1. The number of likely N-dealkylation sites (tertiary alicyclic amines) is 1. The van der Waals surface area contributed by atoms with Crippen LogP contribution in [0.15, 0.2) is 39.3 Å². The summed E-state index contributed by atoms with van der Waals surface area (Å²) in [6.45, 7) is 1.55. The fourth-order valence-corrected chi connectivity index (χ4v) is 3.32. The van der Waals surface area contributed by atoms with E-state index < -0.39 is 0 Å². The molecule has 1 aromatic carbocycles. The minimum Gasteiger partial charge on any atom is -0.453 e. The lowest BCUT2D eigenvalue weighted by Gasteiger charge is -2.14. The molecule has 0 N–H and O–H groups in total. The van der Waals surface area contributed by atoms with E-state index in [1.54, 1.807) is 0 Å². The van der Waals surface area contributed by atoms with E-state index >= 15 is 0 Å². The third-order valence-electron chi connectivity index (χ3n) is 4.83. The summed E-state index contributed by atoms with van der Waals surface area (Å²) in [6.07, 6.45) is 2.94. The first kappa shape index (κ1) is 13.8. The molecule has 1 saturated carbocycles. The molecule has 0 radical (unpaired) electrons. The number of furan rings is 1. The van der Waals surface area contributed by atoms with Gasteiger partial charge in [0.05, 0.1) is 5.92 Å². The second kappa shape index (κ2) is 5.19. The Morgan fingerprint density at radius 3 is 2.96 bits per heavy atom. The van der Waals surface area contributed by atoms with Crippen molar-refractivity contribution in [2.24, 2.45) is 5.92 Å². The number of fused-ring (bicyclic) bond motifs is 1. The lowest BCUT2D eigenvalue weighted by atomic mass is 10.1. The van der Waals surface area contributed by atoms with Crippen LogP contribution in [0, 0.1) is 5.92 Å². The minimum atomic E-state index is -0.0121. The van der Waals surface area contributed by atoms with Gasteiger partial charge < -0.3 is 13.8 Å². The van der Waals surface area contributed by atoms with Gasteiger partial charge in [-0.3, -0.25) is 4.79 Å². The van der Waals surface area contributed by atoms with Crippen molar-refractivity contribution in [1.82, 2.24) is 15.0 Å². The van der Waals surface area contributed by atoms with Crippen LogP contribution in [0.4, 0.5) is 0 Å². The molecule has 1 atom stereocenters. The van der Waals surface area contributed by atoms with Crippen LogP contribution in [0.25, 0.3) is 22.6 Å². The lowest BCUT2D eigenvalue weighted by Crippen LogP contribution is -2.27. The molecule has 3 aromatic rings. The van der Waals surface area contributed by atoms with E-state index in [2.05, 4.69) is 10.1 Å². The van der Waals surface area contributed by atoms with Gasteiger partial charge in [-0.25, -0.2) is 0 Å². The smallest absolute Gasteiger partial charge is 0.238 e. The van der Waals surface area contributed by atoms with E-state index in [0.717, 1.165) is 17.5 Å². The first-order valence-electron chi connectivity index (χ1n) is 8.36. The van der Waals surface area contributed by atoms with Crippen molar-refractivity contribution in [3.63, 3.8) is 0 Å². The molecule has 2 aliphatic rings. The SMILES string of the molecule is O=C1CC(c2nc(-c3cc4ccccc4o3)no2)CN1CC1CC1. The highest BCUT2D eigenvalue weighted by Gasteiger charge is 2.37. The van der Waals surface area contributed by atoms with Gasteiger partial charge in [-0.15, -0.1) is 0 Å². The van der Waals surface area contributed by atoms with Crippen LogP contribution in [0.3, 0.4) is 0 Å². The van der Waals surface area contributed by atoms with Crippen molar-refractivity contribution in [2.75, 3.05) is 13.1 Å². The third-order valence-corrected chi connectivity index (χ3v) is 4.83. The van der Waals surface area contributed by atoms with Crippen molar-refractivity contribution in [3.05, 3.63) is 36.2 Å². The van der Waals surface area contributed by atoms with E-state index in [1.807, 2.05) is 35.2 Å². The predicted octanol–water partition coefficient (Wildman–Crippen LogP) is 3.21. The molecule has 6 heteroatoms. The fourth-order valence-electron chi connectivity index (χ4n) is 3.32. The molecule has 0 spiro atoms. The maximum absolute atomic E-state index is 12.1. The van der Waals surface area contributed by atoms with Crippen LogP contribution in [-0.4, -0.2) is 34.0 Å². The van der Waals surface area contributed by atoms with Gasteiger partial charge in [-0.05, 0) is 30.9 Å². The molecule has 1 aliphatic heterocycles. The summed E-state index contributed by atoms with van der Waals surface area (Å²) >= 11 is 0. The Kier molecular flexibility index (Phi) is 2.98. The van der Waals surface area contributed by atoms with Crippen LogP contribution in [0.1, 0.15) is 31.1 Å². The first-order chi connectivity index (χ1) is 11.8. The molecule has 2 fully saturated rings. The number of nitrogens with zero attached hydrogens (tertiary/aromatic N) is 3. The largest absolute Gasteiger partial charge is 0.453 e. The predicted molar refractivity (Wildman–Crippen MR) is 86.2 cm³/mol. The van der Waals surface area contributed by atoms with Crippen LogP contribution in [0.5, 0.6) is 0 Å². The number of benzene rings is 1. The van der Waals surface area contributed by atoms with Crippen molar-refractivity contribution >= 4 is 16.9 Å². The standard InChI is InChI=1S/C18H17N3O3/c22-16-8-13(10-21(16)9-11-5-6-11)18-19-17(20-24-18)15-7-12-3-1-2-4-14(12)23-15/h1-4,7,11,13H,5-6,8-10H2. The molecule has 0 bridgehead atoms. The second-order valence-electron chi connectivity index (χ2n) is 6.75. The Balaban J connectivity index is 1.38.